The van der Waals surface area contributed by atoms with Gasteiger partial charge in [0.05, 0.1) is 11.7 Å². The maximum absolute atomic E-state index is 14.1. The van der Waals surface area contributed by atoms with Crippen LogP contribution in [0, 0.1) is 5.82 Å². The number of carbonyl (C=O) groups excluding carboxylic acids is 1. The van der Waals surface area contributed by atoms with E-state index in [1.807, 2.05) is 0 Å². The summed E-state index contributed by atoms with van der Waals surface area (Å²) < 4.78 is 14.1. The smallest absolute Gasteiger partial charge is 0.256 e. The molecule has 1 aliphatic rings. The van der Waals surface area contributed by atoms with Gasteiger partial charge in [0.25, 0.3) is 5.91 Å². The van der Waals surface area contributed by atoms with Crippen molar-refractivity contribution in [2.45, 2.75) is 19.0 Å². The van der Waals surface area contributed by atoms with Crippen molar-refractivity contribution >= 4 is 16.7 Å². The molecule has 3 rings (SSSR count). The Labute approximate surface area is 115 Å². The zero-order valence-corrected chi connectivity index (χ0v) is 10.8. The van der Waals surface area contributed by atoms with Crippen LogP contribution in [0.2, 0.25) is 0 Å². The Balaban J connectivity index is 2.04. The minimum Gasteiger partial charge on any atom is -0.505 e. The number of halogens is 1. The van der Waals surface area contributed by atoms with E-state index < -0.39 is 17.5 Å². The average Bonchev–Trinajstić information content (AvgIpc) is 2.93. The predicted octanol–water partition coefficient (Wildman–Crippen LogP) is 2.14. The first-order valence-corrected chi connectivity index (χ1v) is 6.54. The molecule has 1 atom stereocenters. The Morgan fingerprint density at radius 1 is 1.40 bits per heavy atom. The third-order valence-corrected chi connectivity index (χ3v) is 3.48. The predicted molar refractivity (Wildman–Crippen MR) is 73.1 cm³/mol. The van der Waals surface area contributed by atoms with Gasteiger partial charge in [-0.1, -0.05) is 24.3 Å². The highest BCUT2D eigenvalue weighted by Gasteiger charge is 2.23. The van der Waals surface area contributed by atoms with Gasteiger partial charge in [-0.15, -0.1) is 0 Å². The SMILES string of the molecule is O=C(NC1CCC[N]1)c1c(F)c(O)cc2ccccc12. The number of aromatic hydroxyl groups is 1. The second-order valence-electron chi connectivity index (χ2n) is 4.84. The van der Waals surface area contributed by atoms with Crippen LogP contribution >= 0.6 is 0 Å². The van der Waals surface area contributed by atoms with E-state index in [0.29, 0.717) is 17.3 Å². The molecular weight excluding hydrogens is 259 g/mol. The van der Waals surface area contributed by atoms with Crippen LogP contribution in [-0.2, 0) is 0 Å². The van der Waals surface area contributed by atoms with Crippen molar-refractivity contribution in [2.75, 3.05) is 6.54 Å². The van der Waals surface area contributed by atoms with Gasteiger partial charge in [-0.3, -0.25) is 4.79 Å². The van der Waals surface area contributed by atoms with Crippen LogP contribution in [0.3, 0.4) is 0 Å². The summed E-state index contributed by atoms with van der Waals surface area (Å²) in [5.41, 5.74) is -0.122. The van der Waals surface area contributed by atoms with Crippen LogP contribution in [-0.4, -0.2) is 23.7 Å². The highest BCUT2D eigenvalue weighted by atomic mass is 19.1. The lowest BCUT2D eigenvalue weighted by molar-refractivity contribution is 0.0930. The Bertz CT molecular complexity index is 666. The maximum Gasteiger partial charge on any atom is 0.256 e. The summed E-state index contributed by atoms with van der Waals surface area (Å²) in [6, 6.07) is 8.22. The van der Waals surface area contributed by atoms with Gasteiger partial charge in [0.2, 0.25) is 0 Å². The van der Waals surface area contributed by atoms with Crippen LogP contribution in [0.4, 0.5) is 4.39 Å². The molecular formula is C15H14FN2O2. The van der Waals surface area contributed by atoms with Gasteiger partial charge in [0.15, 0.2) is 11.6 Å². The van der Waals surface area contributed by atoms with E-state index >= 15 is 0 Å². The first-order valence-electron chi connectivity index (χ1n) is 6.54. The van der Waals surface area contributed by atoms with E-state index in [2.05, 4.69) is 10.6 Å². The summed E-state index contributed by atoms with van der Waals surface area (Å²) in [7, 11) is 0. The van der Waals surface area contributed by atoms with Crippen LogP contribution in [0.1, 0.15) is 23.2 Å². The summed E-state index contributed by atoms with van der Waals surface area (Å²) in [5.74, 6) is -1.94. The lowest BCUT2D eigenvalue weighted by Crippen LogP contribution is -2.38. The van der Waals surface area contributed by atoms with E-state index in [1.165, 1.54) is 6.07 Å². The van der Waals surface area contributed by atoms with E-state index in [9.17, 15) is 14.3 Å². The lowest BCUT2D eigenvalue weighted by atomic mass is 10.0. The summed E-state index contributed by atoms with van der Waals surface area (Å²) in [4.78, 5) is 12.3. The molecule has 1 heterocycles. The number of phenolic OH excluding ortho intramolecular Hbond substituents is 1. The quantitative estimate of drug-likeness (QED) is 0.880. The molecule has 2 aromatic rings. The molecule has 0 spiro atoms. The average molecular weight is 273 g/mol. The number of phenols is 1. The monoisotopic (exact) mass is 273 g/mol. The molecule has 1 unspecified atom stereocenters. The van der Waals surface area contributed by atoms with Gasteiger partial charge in [-0.25, -0.2) is 9.71 Å². The number of nitrogens with zero attached hydrogens (tertiary/aromatic N) is 1. The van der Waals surface area contributed by atoms with Gasteiger partial charge in [-0.2, -0.15) is 0 Å². The molecule has 4 nitrogen and oxygen atoms in total. The van der Waals surface area contributed by atoms with Crippen LogP contribution in [0.25, 0.3) is 10.8 Å². The fraction of sp³-hybridized carbons (Fsp3) is 0.267. The second-order valence-corrected chi connectivity index (χ2v) is 4.84. The Morgan fingerprint density at radius 2 is 2.20 bits per heavy atom. The van der Waals surface area contributed by atoms with Crippen LogP contribution in [0.15, 0.2) is 30.3 Å². The Kier molecular flexibility index (Phi) is 3.28. The summed E-state index contributed by atoms with van der Waals surface area (Å²) in [6.45, 7) is 0.716. The number of hydrogen-bond donors (Lipinski definition) is 2. The molecule has 103 valence electrons. The van der Waals surface area contributed by atoms with E-state index in [-0.39, 0.29) is 11.7 Å². The van der Waals surface area contributed by atoms with Gasteiger partial charge < -0.3 is 10.4 Å². The zero-order valence-electron chi connectivity index (χ0n) is 10.8. The molecule has 1 aliphatic heterocycles. The highest BCUT2D eigenvalue weighted by molar-refractivity contribution is 6.08. The molecule has 0 saturated carbocycles. The molecule has 20 heavy (non-hydrogen) atoms. The van der Waals surface area contributed by atoms with Crippen molar-refractivity contribution < 1.29 is 14.3 Å². The molecule has 5 heteroatoms. The number of amides is 1. The molecule has 2 N–H and O–H groups in total. The van der Waals surface area contributed by atoms with E-state index in [0.717, 1.165) is 12.8 Å². The van der Waals surface area contributed by atoms with Gasteiger partial charge in [0.1, 0.15) is 0 Å². The normalized spacial score (nSPS) is 18.4. The number of benzene rings is 2. The Morgan fingerprint density at radius 3 is 2.95 bits per heavy atom. The minimum atomic E-state index is -0.890. The van der Waals surface area contributed by atoms with Crippen molar-refractivity contribution in [3.8, 4) is 5.75 Å². The van der Waals surface area contributed by atoms with Crippen molar-refractivity contribution in [1.82, 2.24) is 10.6 Å². The number of nitrogens with one attached hydrogen (secondary N) is 1. The number of hydrogen-bond acceptors (Lipinski definition) is 2. The van der Waals surface area contributed by atoms with Crippen molar-refractivity contribution in [3.05, 3.63) is 41.7 Å². The molecule has 1 saturated heterocycles. The number of carbonyl (C=O) groups is 1. The van der Waals surface area contributed by atoms with Crippen molar-refractivity contribution in [3.63, 3.8) is 0 Å². The topological polar surface area (TPSA) is 63.4 Å². The fourth-order valence-corrected chi connectivity index (χ4v) is 2.49. The summed E-state index contributed by atoms with van der Waals surface area (Å²) in [6.07, 6.45) is 1.43. The highest BCUT2D eigenvalue weighted by Crippen LogP contribution is 2.29. The summed E-state index contributed by atoms with van der Waals surface area (Å²) >= 11 is 0. The first kappa shape index (κ1) is 12.9. The largest absolute Gasteiger partial charge is 0.505 e. The number of rotatable bonds is 2. The zero-order chi connectivity index (χ0) is 14.1. The lowest BCUT2D eigenvalue weighted by Gasteiger charge is -2.14. The van der Waals surface area contributed by atoms with Crippen molar-refractivity contribution in [2.24, 2.45) is 0 Å². The van der Waals surface area contributed by atoms with E-state index in [1.54, 1.807) is 24.3 Å². The van der Waals surface area contributed by atoms with Gasteiger partial charge in [-0.05, 0) is 29.7 Å². The molecule has 2 aromatic carbocycles. The fourth-order valence-electron chi connectivity index (χ4n) is 2.49. The molecule has 0 bridgehead atoms. The van der Waals surface area contributed by atoms with Crippen LogP contribution < -0.4 is 10.6 Å². The molecule has 1 radical (unpaired) electrons. The standard InChI is InChI=1S/C15H14FN2O2/c16-14-11(19)8-9-4-1-2-5-10(9)13(14)15(20)18-12-6-3-7-17-12/h1-2,4-5,8,12,19H,3,6-7H2,(H,18,20). The first-order chi connectivity index (χ1) is 9.66. The van der Waals surface area contributed by atoms with Crippen LogP contribution in [0.5, 0.6) is 5.75 Å². The van der Waals surface area contributed by atoms with Gasteiger partial charge in [0, 0.05) is 6.54 Å². The number of fused-ring (bicyclic) bond motifs is 1. The maximum atomic E-state index is 14.1. The molecule has 0 aliphatic carbocycles. The Hall–Kier alpha value is -2.14. The summed E-state index contributed by atoms with van der Waals surface area (Å²) in [5, 5.41) is 17.7. The van der Waals surface area contributed by atoms with E-state index in [4.69, 9.17) is 0 Å². The third-order valence-electron chi connectivity index (χ3n) is 3.48. The van der Waals surface area contributed by atoms with Crippen molar-refractivity contribution in [1.29, 1.82) is 0 Å². The molecule has 1 amide bonds. The minimum absolute atomic E-state index is 0.122. The second kappa shape index (κ2) is 5.09. The van der Waals surface area contributed by atoms with Gasteiger partial charge >= 0.3 is 0 Å². The molecule has 0 aromatic heterocycles. The third kappa shape index (κ3) is 2.20. The molecule has 1 fully saturated rings.